The van der Waals surface area contributed by atoms with Crippen LogP contribution in [0.1, 0.15) is 277 Å². The first-order valence-electron chi connectivity index (χ1n) is 42.0. The van der Waals surface area contributed by atoms with Crippen LogP contribution in [-0.4, -0.2) is 80.3 Å². The van der Waals surface area contributed by atoms with Crippen LogP contribution in [0.3, 0.4) is 0 Å². The molecule has 21 atom stereocenters. The van der Waals surface area contributed by atoms with E-state index in [-0.39, 0.29) is 83.9 Å². The summed E-state index contributed by atoms with van der Waals surface area (Å²) in [6, 6.07) is 11.8. The van der Waals surface area contributed by atoms with Gasteiger partial charge in [-0.1, -0.05) is 122 Å². The molecule has 107 heavy (non-hydrogen) atoms. The van der Waals surface area contributed by atoms with Gasteiger partial charge in [-0.2, -0.15) is 0 Å². The van der Waals surface area contributed by atoms with Crippen LogP contribution in [0.4, 0.5) is 0 Å². The number of carbonyl (C=O) groups is 8. The van der Waals surface area contributed by atoms with Gasteiger partial charge in [-0.15, -0.1) is 0 Å². The fourth-order valence-corrected chi connectivity index (χ4v) is 30.5. The molecule has 1 saturated heterocycles. The molecule has 0 bridgehead atoms. The molecule has 13 heteroatoms. The Bertz CT molecular complexity index is 4530. The molecule has 13 nitrogen and oxygen atoms in total. The Balaban J connectivity index is 0.000000101. The van der Waals surface area contributed by atoms with Crippen LogP contribution >= 0.6 is 0 Å². The van der Waals surface area contributed by atoms with E-state index < -0.39 is 39.8 Å². The van der Waals surface area contributed by atoms with Gasteiger partial charge in [0.15, 0.2) is 11.6 Å². The standard InChI is InChI=1S/C27H34O5.C23H26O4.C22H28O2.C22H26O2/c1-4-5-14-32-24(31)22-21-17(26(3)12-6-16(28)15-19(26)23(22)30)8-13-27-18(21)7-10-25(27,2)11-9-20(27)29;1-20-6-5-17(25)22(20)8-4-16-18-15(19(26)27-23(18,22)10-9-20)12-13-11-14(24)3-7-21(13,16)2;2*1-20-9-7-18-17-5-3-14-13-15(23)4-6-16(14)21(17,2)11-12-22(18,20)19(24)8-10-20/h7,15,22-23,30H,4-6,8-14H2,1-3H3;4,11,15,18H,3,5-10,12H2,1-2H3;4,6,13,17-18,23H,3,5,7-12H2,1-2H3;3-6,13,17-18,23H,7-12H2,1-2H3/t22-,23-,25-,26?,27?;15-,18?,20-,21+,22-,23-;2*17?,18?,20-,21+,22+/m0100/s1. The van der Waals surface area contributed by atoms with Gasteiger partial charge in [-0.25, -0.2) is 0 Å². The zero-order valence-electron chi connectivity index (χ0n) is 65.1. The number of esters is 2. The van der Waals surface area contributed by atoms with Crippen LogP contribution in [0, 0.1) is 95.6 Å². The molecule has 11 fully saturated rings. The van der Waals surface area contributed by atoms with Crippen molar-refractivity contribution in [2.75, 3.05) is 6.61 Å². The quantitative estimate of drug-likeness (QED) is 0.148. The van der Waals surface area contributed by atoms with E-state index in [1.54, 1.807) is 12.2 Å². The number of Topliss-reactive ketones (excluding diaryl/α,β-unsaturated/α-hetero) is 4. The number of ether oxygens (including phenoxy) is 2. The molecule has 1 heterocycles. The Morgan fingerprint density at radius 1 is 0.561 bits per heavy atom. The lowest BCUT2D eigenvalue weighted by Gasteiger charge is -2.57. The van der Waals surface area contributed by atoms with Gasteiger partial charge >= 0.3 is 11.9 Å². The van der Waals surface area contributed by atoms with Gasteiger partial charge in [0, 0.05) is 66.1 Å². The average Bonchev–Trinajstić information content (AvgIpc) is 1.47. The number of benzene rings is 2. The highest BCUT2D eigenvalue weighted by molar-refractivity contribution is 5.98. The maximum absolute atomic E-state index is 13.4. The molecule has 5 spiro atoms. The Kier molecular flexibility index (Phi) is 16.0. The Morgan fingerprint density at radius 3 is 1.93 bits per heavy atom. The molecule has 2 aromatic carbocycles. The van der Waals surface area contributed by atoms with Crippen molar-refractivity contribution in [3.63, 3.8) is 0 Å². The number of rotatable bonds is 4. The van der Waals surface area contributed by atoms with Crippen molar-refractivity contribution in [2.24, 2.45) is 95.6 Å². The summed E-state index contributed by atoms with van der Waals surface area (Å²) < 4.78 is 11.9. The minimum absolute atomic E-state index is 0.00424. The number of aliphatic hydroxyl groups is 1. The van der Waals surface area contributed by atoms with Crippen LogP contribution in [-0.2, 0) is 65.1 Å². The van der Waals surface area contributed by atoms with Crippen molar-refractivity contribution >= 4 is 52.7 Å². The third kappa shape index (κ3) is 9.02. The molecule has 21 rings (SSSR count). The normalized spacial score (nSPS) is 45.8. The summed E-state index contributed by atoms with van der Waals surface area (Å²) in [6.45, 7) is 20.8. The number of aliphatic hydroxyl groups excluding tert-OH is 1. The van der Waals surface area contributed by atoms with Crippen molar-refractivity contribution < 1.29 is 63.1 Å². The van der Waals surface area contributed by atoms with Crippen LogP contribution in [0.5, 0.6) is 11.5 Å². The molecule has 0 amide bonds. The fourth-order valence-electron chi connectivity index (χ4n) is 30.5. The molecule has 1 aliphatic heterocycles. The highest BCUT2D eigenvalue weighted by Gasteiger charge is 2.82. The zero-order chi connectivity index (χ0) is 75.2. The number of carbonyl (C=O) groups excluding carboxylic acids is 8. The third-order valence-electron chi connectivity index (χ3n) is 36.4. The maximum atomic E-state index is 13.4. The van der Waals surface area contributed by atoms with E-state index in [1.165, 1.54) is 54.4 Å². The van der Waals surface area contributed by atoms with Gasteiger partial charge in [0.1, 0.15) is 46.2 Å². The van der Waals surface area contributed by atoms with Gasteiger partial charge in [-0.05, 0) is 286 Å². The van der Waals surface area contributed by atoms with Crippen molar-refractivity contribution in [2.45, 2.75) is 284 Å². The summed E-state index contributed by atoms with van der Waals surface area (Å²) in [5.74, 6) is 3.16. The van der Waals surface area contributed by atoms with Crippen molar-refractivity contribution in [3.8, 4) is 11.5 Å². The van der Waals surface area contributed by atoms with Gasteiger partial charge in [-0.3, -0.25) is 38.4 Å². The van der Waals surface area contributed by atoms with E-state index in [4.69, 9.17) is 9.47 Å². The molecule has 7 unspecified atom stereocenters. The number of allylic oxidation sites excluding steroid dienone is 8. The molecular formula is C94H114O13. The van der Waals surface area contributed by atoms with Crippen molar-refractivity contribution in [1.29, 1.82) is 0 Å². The summed E-state index contributed by atoms with van der Waals surface area (Å²) in [5, 5.41) is 31.2. The fraction of sp³-hybridized carbons (Fsp3) is 0.660. The van der Waals surface area contributed by atoms with E-state index in [2.05, 4.69) is 91.8 Å². The molecular weight excluding hydrogens is 1340 g/mol. The SMILES string of the molecule is CCCCOC(=O)[C@H]1C2=C(CCC34C(=O)CC[C@]3(C)CC=C24)C2(C)CCC(=O)C=C2[C@@H]1O.C[C@]12CCC(=O)C=C1C[C@H]1C(=O)O[C@@]34CC[C@@]5(C)CCC(=O)[C@]53CC=C2C14.C[C@]12CCC(=O)[C@]13CC[C@]1(C)c4ccc(O)cc4C=CC1C3CC2.C[C@]12CCC(=O)[C@]13CC[C@]1(C)c4ccc(O)cc4CCC1C3CC2. The topological polar surface area (TPSA) is 216 Å². The summed E-state index contributed by atoms with van der Waals surface area (Å²) >= 11 is 0. The van der Waals surface area contributed by atoms with Crippen LogP contribution in [0.2, 0.25) is 0 Å². The second-order valence-electron chi connectivity index (χ2n) is 39.9. The van der Waals surface area contributed by atoms with Gasteiger partial charge in [0.2, 0.25) is 0 Å². The lowest BCUT2D eigenvalue weighted by atomic mass is 9.46. The summed E-state index contributed by atoms with van der Waals surface area (Å²) in [7, 11) is 0. The number of hydrogen-bond donors (Lipinski definition) is 3. The lowest BCUT2D eigenvalue weighted by molar-refractivity contribution is -0.172. The van der Waals surface area contributed by atoms with Crippen molar-refractivity contribution in [3.05, 3.63) is 122 Å². The second-order valence-corrected chi connectivity index (χ2v) is 39.9. The van der Waals surface area contributed by atoms with Crippen LogP contribution < -0.4 is 0 Å². The molecule has 10 saturated carbocycles. The van der Waals surface area contributed by atoms with Crippen molar-refractivity contribution in [1.82, 2.24) is 0 Å². The average molecular weight is 1450 g/mol. The van der Waals surface area contributed by atoms with Crippen LogP contribution in [0.25, 0.3) is 6.08 Å². The number of phenolic OH excluding ortho intramolecular Hbond substituents is 2. The highest BCUT2D eigenvalue weighted by atomic mass is 16.6. The summed E-state index contributed by atoms with van der Waals surface area (Å²) in [6.07, 6.45) is 39.2. The summed E-state index contributed by atoms with van der Waals surface area (Å²) in [4.78, 5) is 104. The number of fused-ring (bicyclic) bond motifs is 13. The first kappa shape index (κ1) is 72.0. The molecule has 19 aliphatic rings. The Morgan fingerprint density at radius 2 is 1.20 bits per heavy atom. The number of aromatic hydroxyl groups is 2. The smallest absolute Gasteiger partial charge is 0.316 e. The predicted octanol–water partition coefficient (Wildman–Crippen LogP) is 17.7. The van der Waals surface area contributed by atoms with E-state index in [0.29, 0.717) is 110 Å². The Hall–Kier alpha value is -6.60. The number of unbranched alkanes of at least 4 members (excludes halogenated alkanes) is 1. The molecule has 18 aliphatic carbocycles. The highest BCUT2D eigenvalue weighted by Crippen LogP contribution is 2.80. The lowest BCUT2D eigenvalue weighted by Crippen LogP contribution is -2.60. The largest absolute Gasteiger partial charge is 0.508 e. The number of hydrogen-bond acceptors (Lipinski definition) is 13. The van der Waals surface area contributed by atoms with Gasteiger partial charge < -0.3 is 24.8 Å². The number of phenols is 2. The minimum Gasteiger partial charge on any atom is -0.508 e. The molecule has 568 valence electrons. The maximum Gasteiger partial charge on any atom is 0.316 e. The van der Waals surface area contributed by atoms with Gasteiger partial charge in [0.25, 0.3) is 0 Å². The second kappa shape index (κ2) is 23.7. The predicted molar refractivity (Wildman–Crippen MR) is 406 cm³/mol. The van der Waals surface area contributed by atoms with Crippen LogP contribution in [0.15, 0.2) is 100 Å². The zero-order valence-corrected chi connectivity index (χ0v) is 65.1. The van der Waals surface area contributed by atoms with E-state index in [1.807, 2.05) is 31.2 Å². The third-order valence-corrected chi connectivity index (χ3v) is 36.4. The minimum atomic E-state index is -1.10. The number of aryl methyl sites for hydroxylation is 1. The first-order chi connectivity index (χ1) is 50.8. The monoisotopic (exact) mass is 1450 g/mol. The van der Waals surface area contributed by atoms with Gasteiger partial charge in [0.05, 0.1) is 29.5 Å². The molecule has 0 aromatic heterocycles. The first-order valence-corrected chi connectivity index (χ1v) is 42.0. The Labute approximate surface area is 632 Å². The molecule has 2 aromatic rings. The van der Waals surface area contributed by atoms with E-state index >= 15 is 0 Å². The number of ketones is 6. The summed E-state index contributed by atoms with van der Waals surface area (Å²) in [5.41, 5.74) is 9.57. The van der Waals surface area contributed by atoms with E-state index in [9.17, 15) is 53.7 Å². The molecule has 3 N–H and O–H groups in total. The molecule has 0 radical (unpaired) electrons. The van der Waals surface area contributed by atoms with E-state index in [0.717, 1.165) is 150 Å².